The molecule has 1 aromatic rings. The van der Waals surface area contributed by atoms with Crippen LogP contribution in [0.3, 0.4) is 0 Å². The van der Waals surface area contributed by atoms with Crippen molar-refractivity contribution in [2.45, 2.75) is 59.0 Å². The lowest BCUT2D eigenvalue weighted by molar-refractivity contribution is -0.138. The van der Waals surface area contributed by atoms with E-state index in [0.717, 1.165) is 37.9 Å². The van der Waals surface area contributed by atoms with Crippen LogP contribution in [0.15, 0.2) is 24.3 Å². The first-order chi connectivity index (χ1) is 14.8. The third-order valence-corrected chi connectivity index (χ3v) is 6.17. The number of hydrogen-bond acceptors (Lipinski definition) is 3. The summed E-state index contributed by atoms with van der Waals surface area (Å²) in [5, 5.41) is 5.59. The molecular weight excluding hydrogens is 392 g/mol. The molecule has 2 N–H and O–H groups in total. The quantitative estimate of drug-likeness (QED) is 0.756. The Balaban J connectivity index is 1.47. The van der Waals surface area contributed by atoms with Gasteiger partial charge in [-0.1, -0.05) is 19.1 Å². The van der Waals surface area contributed by atoms with Gasteiger partial charge in [-0.25, -0.2) is 4.79 Å². The second-order valence-electron chi connectivity index (χ2n) is 9.28. The maximum atomic E-state index is 12.9. The van der Waals surface area contributed by atoms with Crippen LogP contribution >= 0.6 is 0 Å². The molecule has 2 aliphatic rings. The van der Waals surface area contributed by atoms with Gasteiger partial charge < -0.3 is 20.4 Å². The van der Waals surface area contributed by atoms with Crippen LogP contribution in [0.1, 0.15) is 62.4 Å². The van der Waals surface area contributed by atoms with Crippen molar-refractivity contribution in [3.63, 3.8) is 0 Å². The summed E-state index contributed by atoms with van der Waals surface area (Å²) in [5.41, 5.74) is 1.58. The van der Waals surface area contributed by atoms with Crippen LogP contribution in [0.4, 0.5) is 4.79 Å². The molecular formula is C24H36N4O3. The molecule has 170 valence electrons. The zero-order valence-corrected chi connectivity index (χ0v) is 19.0. The number of rotatable bonds is 5. The maximum absolute atomic E-state index is 12.9. The highest BCUT2D eigenvalue weighted by Gasteiger charge is 2.32. The number of benzene rings is 1. The predicted molar refractivity (Wildman–Crippen MR) is 121 cm³/mol. The van der Waals surface area contributed by atoms with Crippen LogP contribution in [-0.4, -0.2) is 59.9 Å². The van der Waals surface area contributed by atoms with Crippen LogP contribution in [0.5, 0.6) is 0 Å². The topological polar surface area (TPSA) is 81.8 Å². The first-order valence-corrected chi connectivity index (χ1v) is 11.5. The fraction of sp³-hybridized carbons (Fsp3) is 0.625. The van der Waals surface area contributed by atoms with Crippen molar-refractivity contribution in [1.82, 2.24) is 20.4 Å². The molecule has 0 aliphatic carbocycles. The lowest BCUT2D eigenvalue weighted by Crippen LogP contribution is -2.47. The molecule has 3 rings (SSSR count). The maximum Gasteiger partial charge on any atom is 0.315 e. The highest BCUT2D eigenvalue weighted by molar-refractivity contribution is 5.94. The van der Waals surface area contributed by atoms with E-state index in [1.165, 1.54) is 6.42 Å². The molecule has 31 heavy (non-hydrogen) atoms. The lowest BCUT2D eigenvalue weighted by atomic mass is 9.92. The van der Waals surface area contributed by atoms with Gasteiger partial charge >= 0.3 is 6.03 Å². The van der Waals surface area contributed by atoms with Crippen molar-refractivity contribution in [3.8, 4) is 0 Å². The van der Waals surface area contributed by atoms with E-state index >= 15 is 0 Å². The molecule has 0 aromatic heterocycles. The number of piperidine rings is 2. The van der Waals surface area contributed by atoms with Gasteiger partial charge in [0.15, 0.2) is 0 Å². The molecule has 0 radical (unpaired) electrons. The molecule has 4 amide bonds. The Morgan fingerprint density at radius 1 is 1.00 bits per heavy atom. The summed E-state index contributed by atoms with van der Waals surface area (Å²) in [6, 6.07) is 7.25. The number of amides is 4. The van der Waals surface area contributed by atoms with Crippen molar-refractivity contribution in [2.75, 3.05) is 26.2 Å². The minimum atomic E-state index is -0.202. The normalized spacial score (nSPS) is 19.9. The zero-order valence-electron chi connectivity index (χ0n) is 19.0. The van der Waals surface area contributed by atoms with E-state index in [4.69, 9.17) is 0 Å². The molecule has 2 saturated heterocycles. The predicted octanol–water partition coefficient (Wildman–Crippen LogP) is 3.00. The first kappa shape index (κ1) is 23.1. The number of urea groups is 1. The van der Waals surface area contributed by atoms with Crippen molar-refractivity contribution >= 4 is 17.8 Å². The van der Waals surface area contributed by atoms with Crippen molar-refractivity contribution < 1.29 is 14.4 Å². The Labute approximate surface area is 185 Å². The van der Waals surface area contributed by atoms with Crippen LogP contribution in [0, 0.1) is 11.8 Å². The van der Waals surface area contributed by atoms with Gasteiger partial charge in [-0.3, -0.25) is 9.59 Å². The Hall–Kier alpha value is -2.57. The first-order valence-electron chi connectivity index (χ1n) is 11.5. The Morgan fingerprint density at radius 3 is 2.29 bits per heavy atom. The summed E-state index contributed by atoms with van der Waals surface area (Å²) in [6.45, 7) is 9.44. The number of nitrogens with zero attached hydrogens (tertiary/aromatic N) is 2. The van der Waals surface area contributed by atoms with Gasteiger partial charge in [0.1, 0.15) is 0 Å². The minimum absolute atomic E-state index is 0.00885. The Morgan fingerprint density at radius 2 is 1.68 bits per heavy atom. The second kappa shape index (κ2) is 10.6. The van der Waals surface area contributed by atoms with Crippen LogP contribution < -0.4 is 10.6 Å². The average Bonchev–Trinajstić information content (AvgIpc) is 2.77. The van der Waals surface area contributed by atoms with E-state index in [0.29, 0.717) is 31.1 Å². The molecule has 7 nitrogen and oxygen atoms in total. The number of carbonyl (C=O) groups excluding carboxylic acids is 3. The van der Waals surface area contributed by atoms with E-state index in [9.17, 15) is 14.4 Å². The molecule has 0 spiro atoms. The highest BCUT2D eigenvalue weighted by Crippen LogP contribution is 2.24. The van der Waals surface area contributed by atoms with Crippen LogP contribution in [-0.2, 0) is 11.3 Å². The summed E-state index contributed by atoms with van der Waals surface area (Å²) >= 11 is 0. The van der Waals surface area contributed by atoms with Gasteiger partial charge in [0.25, 0.3) is 5.91 Å². The van der Waals surface area contributed by atoms with E-state index in [2.05, 4.69) is 17.6 Å². The third-order valence-electron chi connectivity index (χ3n) is 6.17. The SMILES string of the molecule is CC1CCCN(C(=O)C2CCN(C(=O)c3ccc(CNC(=O)NC(C)C)cc3)CC2)C1. The summed E-state index contributed by atoms with van der Waals surface area (Å²) in [7, 11) is 0. The van der Waals surface area contributed by atoms with E-state index < -0.39 is 0 Å². The van der Waals surface area contributed by atoms with Gasteiger partial charge in [-0.05, 0) is 63.1 Å². The average molecular weight is 429 g/mol. The highest BCUT2D eigenvalue weighted by atomic mass is 16.2. The smallest absolute Gasteiger partial charge is 0.315 e. The summed E-state index contributed by atoms with van der Waals surface area (Å²) in [6.07, 6.45) is 3.78. The van der Waals surface area contributed by atoms with Gasteiger partial charge in [0.05, 0.1) is 0 Å². The van der Waals surface area contributed by atoms with E-state index in [1.54, 1.807) is 0 Å². The number of carbonyl (C=O) groups is 3. The van der Waals surface area contributed by atoms with E-state index in [-0.39, 0.29) is 29.8 Å². The zero-order chi connectivity index (χ0) is 22.4. The molecule has 1 atom stereocenters. The monoisotopic (exact) mass is 428 g/mol. The Bertz CT molecular complexity index is 770. The number of likely N-dealkylation sites (tertiary alicyclic amines) is 2. The van der Waals surface area contributed by atoms with Gasteiger partial charge in [0.2, 0.25) is 5.91 Å². The summed E-state index contributed by atoms with van der Waals surface area (Å²) < 4.78 is 0. The standard InChI is InChI=1S/C24H36N4O3/c1-17(2)26-24(31)25-15-19-6-8-20(9-7-19)22(29)27-13-10-21(11-14-27)23(30)28-12-4-5-18(3)16-28/h6-9,17-18,21H,4-5,10-16H2,1-3H3,(H2,25,26,31). The van der Waals surface area contributed by atoms with Gasteiger partial charge in [0, 0.05) is 50.2 Å². The van der Waals surface area contributed by atoms with Gasteiger partial charge in [-0.15, -0.1) is 0 Å². The molecule has 1 unspecified atom stereocenters. The number of nitrogens with one attached hydrogen (secondary N) is 2. The molecule has 7 heteroatoms. The van der Waals surface area contributed by atoms with E-state index in [1.807, 2.05) is 47.9 Å². The largest absolute Gasteiger partial charge is 0.342 e. The van der Waals surface area contributed by atoms with Crippen molar-refractivity contribution in [1.29, 1.82) is 0 Å². The van der Waals surface area contributed by atoms with Gasteiger partial charge in [-0.2, -0.15) is 0 Å². The Kier molecular flexibility index (Phi) is 7.93. The minimum Gasteiger partial charge on any atom is -0.342 e. The van der Waals surface area contributed by atoms with Crippen molar-refractivity contribution in [2.24, 2.45) is 11.8 Å². The van der Waals surface area contributed by atoms with Crippen LogP contribution in [0.2, 0.25) is 0 Å². The molecule has 2 aliphatic heterocycles. The second-order valence-corrected chi connectivity index (χ2v) is 9.28. The summed E-state index contributed by atoms with van der Waals surface area (Å²) in [5.74, 6) is 0.911. The molecule has 1 aromatic carbocycles. The molecule has 0 bridgehead atoms. The fourth-order valence-electron chi connectivity index (χ4n) is 4.42. The lowest BCUT2D eigenvalue weighted by Gasteiger charge is -2.37. The number of hydrogen-bond donors (Lipinski definition) is 2. The molecule has 2 fully saturated rings. The van der Waals surface area contributed by atoms with Crippen molar-refractivity contribution in [3.05, 3.63) is 35.4 Å². The van der Waals surface area contributed by atoms with Crippen LogP contribution in [0.25, 0.3) is 0 Å². The molecule has 0 saturated carbocycles. The fourth-order valence-corrected chi connectivity index (χ4v) is 4.42. The summed E-state index contributed by atoms with van der Waals surface area (Å²) in [4.78, 5) is 41.3. The third kappa shape index (κ3) is 6.45. The molecule has 2 heterocycles.